The Hall–Kier alpha value is -3.72. The smallest absolute Gasteiger partial charge is 0.259 e. The molecule has 0 saturated heterocycles. The highest BCUT2D eigenvalue weighted by Crippen LogP contribution is 2.48. The number of hydrogen-bond acceptors (Lipinski definition) is 9. The average molecular weight is 444 g/mol. The SMILES string of the molecule is COCCCc1ccc(-c2nc(C3(c4ccc(-c5cnc(N)nc5)nc4)CCC3)no2)cn1. The van der Waals surface area contributed by atoms with Crippen LogP contribution in [-0.2, 0) is 16.6 Å². The van der Waals surface area contributed by atoms with Crippen molar-refractivity contribution in [2.75, 3.05) is 19.5 Å². The summed E-state index contributed by atoms with van der Waals surface area (Å²) in [6.45, 7) is 0.724. The summed E-state index contributed by atoms with van der Waals surface area (Å²) in [7, 11) is 1.71. The molecule has 1 fully saturated rings. The summed E-state index contributed by atoms with van der Waals surface area (Å²) in [4.78, 5) is 22.0. The Labute approximate surface area is 191 Å². The Morgan fingerprint density at radius 1 is 0.970 bits per heavy atom. The zero-order valence-corrected chi connectivity index (χ0v) is 18.4. The van der Waals surface area contributed by atoms with Crippen molar-refractivity contribution in [2.24, 2.45) is 0 Å². The predicted molar refractivity (Wildman–Crippen MR) is 122 cm³/mol. The minimum absolute atomic E-state index is 0.243. The molecule has 1 aliphatic rings. The van der Waals surface area contributed by atoms with Crippen LogP contribution in [0.5, 0.6) is 0 Å². The molecule has 0 radical (unpaired) electrons. The van der Waals surface area contributed by atoms with Crippen molar-refractivity contribution in [3.05, 3.63) is 66.1 Å². The second-order valence-electron chi connectivity index (χ2n) is 8.26. The molecule has 4 aromatic heterocycles. The summed E-state index contributed by atoms with van der Waals surface area (Å²) in [6.07, 6.45) is 11.8. The maximum Gasteiger partial charge on any atom is 0.259 e. The topological polar surface area (TPSA) is 126 Å². The normalized spacial score (nSPS) is 14.7. The number of nitrogens with zero attached hydrogens (tertiary/aromatic N) is 6. The summed E-state index contributed by atoms with van der Waals surface area (Å²) in [5, 5.41) is 4.34. The van der Waals surface area contributed by atoms with Gasteiger partial charge in [0.05, 0.1) is 16.7 Å². The Balaban J connectivity index is 1.36. The Bertz CT molecular complexity index is 1200. The summed E-state index contributed by atoms with van der Waals surface area (Å²) in [5.74, 6) is 1.42. The molecule has 0 amide bonds. The number of aryl methyl sites for hydroxylation is 1. The van der Waals surface area contributed by atoms with Crippen LogP contribution in [0.1, 0.15) is 42.8 Å². The van der Waals surface area contributed by atoms with E-state index in [0.717, 1.165) is 66.8 Å². The summed E-state index contributed by atoms with van der Waals surface area (Å²) in [6, 6.07) is 8.02. The van der Waals surface area contributed by atoms with E-state index in [2.05, 4.69) is 31.2 Å². The van der Waals surface area contributed by atoms with Crippen LogP contribution in [0.4, 0.5) is 5.95 Å². The summed E-state index contributed by atoms with van der Waals surface area (Å²) >= 11 is 0. The number of anilines is 1. The number of ether oxygens (including phenoxy) is 1. The first-order valence-electron chi connectivity index (χ1n) is 11.0. The lowest BCUT2D eigenvalue weighted by Gasteiger charge is -2.39. The van der Waals surface area contributed by atoms with Gasteiger partial charge in [0.15, 0.2) is 5.82 Å². The molecule has 33 heavy (non-hydrogen) atoms. The maximum atomic E-state index is 5.63. The highest BCUT2D eigenvalue weighted by Gasteiger charge is 2.44. The van der Waals surface area contributed by atoms with E-state index >= 15 is 0 Å². The molecule has 168 valence electrons. The number of nitrogens with two attached hydrogens (primary N) is 1. The van der Waals surface area contributed by atoms with E-state index in [-0.39, 0.29) is 11.4 Å². The molecule has 4 heterocycles. The lowest BCUT2D eigenvalue weighted by molar-refractivity contribution is 0.195. The van der Waals surface area contributed by atoms with Gasteiger partial charge in [-0.2, -0.15) is 4.98 Å². The van der Waals surface area contributed by atoms with E-state index in [4.69, 9.17) is 20.0 Å². The fraction of sp³-hybridized carbons (Fsp3) is 0.333. The molecule has 0 spiro atoms. The van der Waals surface area contributed by atoms with Gasteiger partial charge in [-0.3, -0.25) is 9.97 Å². The number of methoxy groups -OCH3 is 1. The van der Waals surface area contributed by atoms with Crippen molar-refractivity contribution in [3.8, 4) is 22.7 Å². The molecule has 0 aliphatic heterocycles. The Morgan fingerprint density at radius 3 is 2.42 bits per heavy atom. The minimum Gasteiger partial charge on any atom is -0.385 e. The Kier molecular flexibility index (Phi) is 5.78. The van der Waals surface area contributed by atoms with Crippen LogP contribution in [-0.4, -0.2) is 43.8 Å². The minimum atomic E-state index is -0.279. The molecule has 2 N–H and O–H groups in total. The van der Waals surface area contributed by atoms with Crippen molar-refractivity contribution in [3.63, 3.8) is 0 Å². The van der Waals surface area contributed by atoms with Crippen LogP contribution >= 0.6 is 0 Å². The molecule has 1 aliphatic carbocycles. The lowest BCUT2D eigenvalue weighted by atomic mass is 9.64. The molecule has 0 atom stereocenters. The zero-order valence-electron chi connectivity index (χ0n) is 18.4. The predicted octanol–water partition coefficient (Wildman–Crippen LogP) is 3.61. The van der Waals surface area contributed by atoms with Gasteiger partial charge >= 0.3 is 0 Å². The molecule has 9 nitrogen and oxygen atoms in total. The van der Waals surface area contributed by atoms with E-state index in [1.807, 2.05) is 24.4 Å². The van der Waals surface area contributed by atoms with Gasteiger partial charge in [-0.1, -0.05) is 17.6 Å². The van der Waals surface area contributed by atoms with E-state index in [0.29, 0.717) is 11.7 Å². The first-order chi connectivity index (χ1) is 16.2. The van der Waals surface area contributed by atoms with Crippen molar-refractivity contribution < 1.29 is 9.26 Å². The fourth-order valence-corrected chi connectivity index (χ4v) is 4.12. The standard InChI is InChI=1S/C24H25N7O2/c1-32-11-2-4-19-7-5-16(12-26-19)21-30-22(31-33-21)24(9-3-10-24)18-6-8-20(27-15-18)17-13-28-23(25)29-14-17/h5-8,12-15H,2-4,9-11H2,1H3,(H2,25,28,29). The van der Waals surface area contributed by atoms with E-state index in [1.165, 1.54) is 0 Å². The van der Waals surface area contributed by atoms with Crippen LogP contribution in [0.25, 0.3) is 22.7 Å². The number of rotatable bonds is 8. The van der Waals surface area contributed by atoms with Gasteiger partial charge in [0.2, 0.25) is 5.95 Å². The molecule has 1 saturated carbocycles. The third-order valence-corrected chi connectivity index (χ3v) is 6.20. The van der Waals surface area contributed by atoms with Crippen LogP contribution in [0, 0.1) is 0 Å². The van der Waals surface area contributed by atoms with Crippen molar-refractivity contribution in [1.82, 2.24) is 30.1 Å². The van der Waals surface area contributed by atoms with E-state index in [1.54, 1.807) is 25.7 Å². The lowest BCUT2D eigenvalue weighted by Crippen LogP contribution is -2.36. The average Bonchev–Trinajstić information content (AvgIpc) is 3.30. The fourth-order valence-electron chi connectivity index (χ4n) is 4.12. The van der Waals surface area contributed by atoms with Gasteiger partial charge in [-0.15, -0.1) is 0 Å². The van der Waals surface area contributed by atoms with Crippen molar-refractivity contribution >= 4 is 5.95 Å². The van der Waals surface area contributed by atoms with Crippen LogP contribution in [0.15, 0.2) is 53.6 Å². The number of hydrogen-bond donors (Lipinski definition) is 1. The molecule has 9 heteroatoms. The highest BCUT2D eigenvalue weighted by molar-refractivity contribution is 5.58. The first-order valence-corrected chi connectivity index (χ1v) is 11.0. The van der Waals surface area contributed by atoms with Gasteiger partial charge < -0.3 is 15.0 Å². The van der Waals surface area contributed by atoms with E-state index < -0.39 is 0 Å². The molecule has 0 unspecified atom stereocenters. The summed E-state index contributed by atoms with van der Waals surface area (Å²) < 4.78 is 10.7. The van der Waals surface area contributed by atoms with Gasteiger partial charge in [0.1, 0.15) is 0 Å². The molecule has 0 bridgehead atoms. The summed E-state index contributed by atoms with van der Waals surface area (Å²) in [5.41, 5.74) is 9.82. The monoisotopic (exact) mass is 443 g/mol. The Morgan fingerprint density at radius 2 is 1.79 bits per heavy atom. The number of aromatic nitrogens is 6. The second-order valence-corrected chi connectivity index (χ2v) is 8.26. The van der Waals surface area contributed by atoms with Crippen molar-refractivity contribution in [2.45, 2.75) is 37.5 Å². The van der Waals surface area contributed by atoms with Crippen LogP contribution < -0.4 is 5.73 Å². The van der Waals surface area contributed by atoms with Gasteiger partial charge in [-0.25, -0.2) is 9.97 Å². The molecule has 0 aromatic carbocycles. The molecular formula is C24H25N7O2. The third kappa shape index (κ3) is 4.19. The number of pyridine rings is 2. The van der Waals surface area contributed by atoms with Crippen LogP contribution in [0.2, 0.25) is 0 Å². The zero-order chi connectivity index (χ0) is 22.7. The van der Waals surface area contributed by atoms with E-state index in [9.17, 15) is 0 Å². The molecule has 5 rings (SSSR count). The van der Waals surface area contributed by atoms with Crippen molar-refractivity contribution in [1.29, 1.82) is 0 Å². The van der Waals surface area contributed by atoms with Gasteiger partial charge in [-0.05, 0) is 49.4 Å². The van der Waals surface area contributed by atoms with Gasteiger partial charge in [0.25, 0.3) is 5.89 Å². The first kappa shape index (κ1) is 21.1. The number of nitrogen functional groups attached to an aromatic ring is 1. The third-order valence-electron chi connectivity index (χ3n) is 6.20. The molecular weight excluding hydrogens is 418 g/mol. The van der Waals surface area contributed by atoms with Crippen LogP contribution in [0.3, 0.4) is 0 Å². The van der Waals surface area contributed by atoms with Gasteiger partial charge in [0, 0.05) is 49.8 Å². The largest absolute Gasteiger partial charge is 0.385 e. The maximum absolute atomic E-state index is 5.63. The second kappa shape index (κ2) is 9.03. The highest BCUT2D eigenvalue weighted by atomic mass is 16.5. The quantitative estimate of drug-likeness (QED) is 0.406. The molecule has 4 aromatic rings.